The van der Waals surface area contributed by atoms with E-state index in [9.17, 15) is 15.2 Å². The Morgan fingerprint density at radius 2 is 1.31 bits per heavy atom. The van der Waals surface area contributed by atoms with Crippen LogP contribution in [0.1, 0.15) is 116 Å². The molecule has 1 N–H and O–H groups in total. The summed E-state index contributed by atoms with van der Waals surface area (Å²) >= 11 is 0. The quantitative estimate of drug-likeness (QED) is 0.111. The van der Waals surface area contributed by atoms with Gasteiger partial charge in [0.1, 0.15) is 6.10 Å². The van der Waals surface area contributed by atoms with Gasteiger partial charge in [-0.05, 0) is 25.7 Å². The van der Waals surface area contributed by atoms with Crippen molar-refractivity contribution in [2.24, 2.45) is 0 Å². The van der Waals surface area contributed by atoms with Crippen molar-refractivity contribution in [1.82, 2.24) is 0 Å². The molecule has 0 saturated carbocycles. The first kappa shape index (κ1) is 25.1. The largest absolute Gasteiger partial charge is 0.386 e. The molecular formula is C22H43NO3. The van der Waals surface area contributed by atoms with E-state index in [1.165, 1.54) is 57.8 Å². The predicted octanol–water partition coefficient (Wildman–Crippen LogP) is 6.83. The van der Waals surface area contributed by atoms with Crippen molar-refractivity contribution in [2.75, 3.05) is 0 Å². The minimum absolute atomic E-state index is 0.264. The summed E-state index contributed by atoms with van der Waals surface area (Å²) in [6, 6.07) is -0.772. The predicted molar refractivity (Wildman–Crippen MR) is 111 cm³/mol. The van der Waals surface area contributed by atoms with Crippen LogP contribution < -0.4 is 0 Å². The average molecular weight is 370 g/mol. The molecule has 0 aromatic rings. The Bertz CT molecular complexity index is 333. The Morgan fingerprint density at radius 1 is 0.846 bits per heavy atom. The molecule has 2 unspecified atom stereocenters. The Morgan fingerprint density at radius 3 is 1.81 bits per heavy atom. The van der Waals surface area contributed by atoms with Gasteiger partial charge in [-0.15, -0.1) is 6.58 Å². The van der Waals surface area contributed by atoms with E-state index in [0.29, 0.717) is 12.8 Å². The molecule has 0 heterocycles. The van der Waals surface area contributed by atoms with Gasteiger partial charge in [-0.3, -0.25) is 10.1 Å². The standard InChI is InChI=1S/C22H43NO3/c1-3-5-7-9-11-12-13-14-16-18-20-22(24)21(23(25)26)19-17-15-10-8-6-4-2/h3,21-22,24H,1,4-20H2,2H3. The van der Waals surface area contributed by atoms with Crippen LogP contribution in [0.5, 0.6) is 0 Å². The molecule has 0 saturated heterocycles. The number of nitrogens with zero attached hydrogens (tertiary/aromatic N) is 1. The van der Waals surface area contributed by atoms with Crippen LogP contribution in [0, 0.1) is 10.1 Å². The number of hydrogen-bond acceptors (Lipinski definition) is 3. The molecule has 0 amide bonds. The monoisotopic (exact) mass is 369 g/mol. The van der Waals surface area contributed by atoms with E-state index in [4.69, 9.17) is 0 Å². The van der Waals surface area contributed by atoms with Crippen LogP contribution in [0.4, 0.5) is 0 Å². The molecule has 0 fully saturated rings. The van der Waals surface area contributed by atoms with Crippen LogP contribution in [0.15, 0.2) is 12.7 Å². The van der Waals surface area contributed by atoms with E-state index in [1.54, 1.807) is 0 Å². The molecule has 4 nitrogen and oxygen atoms in total. The highest BCUT2D eigenvalue weighted by Gasteiger charge is 2.28. The fourth-order valence-electron chi connectivity index (χ4n) is 3.47. The van der Waals surface area contributed by atoms with Crippen LogP contribution in [0.3, 0.4) is 0 Å². The summed E-state index contributed by atoms with van der Waals surface area (Å²) in [5, 5.41) is 21.4. The fourth-order valence-corrected chi connectivity index (χ4v) is 3.47. The summed E-state index contributed by atoms with van der Waals surface area (Å²) in [6.45, 7) is 5.92. The van der Waals surface area contributed by atoms with Gasteiger partial charge in [-0.1, -0.05) is 90.0 Å². The third-order valence-electron chi connectivity index (χ3n) is 5.23. The highest BCUT2D eigenvalue weighted by Crippen LogP contribution is 2.17. The number of unbranched alkanes of at least 4 members (excludes halogenated alkanes) is 13. The van der Waals surface area contributed by atoms with Gasteiger partial charge in [0.05, 0.1) is 0 Å². The number of aliphatic hydroxyl groups is 1. The number of allylic oxidation sites excluding steroid dienone is 1. The van der Waals surface area contributed by atoms with E-state index in [-0.39, 0.29) is 4.92 Å². The molecule has 0 spiro atoms. The van der Waals surface area contributed by atoms with Crippen LogP contribution in [0.2, 0.25) is 0 Å². The Hall–Kier alpha value is -0.900. The van der Waals surface area contributed by atoms with Gasteiger partial charge in [-0.2, -0.15) is 0 Å². The van der Waals surface area contributed by atoms with Crippen molar-refractivity contribution in [2.45, 2.75) is 128 Å². The highest BCUT2D eigenvalue weighted by atomic mass is 16.6. The smallest absolute Gasteiger partial charge is 0.238 e. The van der Waals surface area contributed by atoms with Gasteiger partial charge in [0.25, 0.3) is 0 Å². The van der Waals surface area contributed by atoms with Gasteiger partial charge in [0.15, 0.2) is 0 Å². The second-order valence-electron chi connectivity index (χ2n) is 7.67. The minimum Gasteiger partial charge on any atom is -0.386 e. The zero-order chi connectivity index (χ0) is 19.5. The normalized spacial score (nSPS) is 13.5. The van der Waals surface area contributed by atoms with Crippen molar-refractivity contribution >= 4 is 0 Å². The topological polar surface area (TPSA) is 63.4 Å². The summed E-state index contributed by atoms with van der Waals surface area (Å²) < 4.78 is 0. The fraction of sp³-hybridized carbons (Fsp3) is 0.909. The van der Waals surface area contributed by atoms with Crippen LogP contribution in [-0.2, 0) is 0 Å². The molecule has 0 rings (SSSR count). The molecule has 0 aliphatic heterocycles. The molecule has 0 aromatic carbocycles. The van der Waals surface area contributed by atoms with Crippen molar-refractivity contribution in [3.05, 3.63) is 22.8 Å². The van der Waals surface area contributed by atoms with Crippen molar-refractivity contribution in [1.29, 1.82) is 0 Å². The number of aliphatic hydroxyl groups excluding tert-OH is 1. The first-order valence-electron chi connectivity index (χ1n) is 11.1. The van der Waals surface area contributed by atoms with Gasteiger partial charge in [-0.25, -0.2) is 0 Å². The highest BCUT2D eigenvalue weighted by molar-refractivity contribution is 4.69. The first-order valence-corrected chi connectivity index (χ1v) is 11.1. The molecule has 0 aliphatic carbocycles. The van der Waals surface area contributed by atoms with Crippen LogP contribution >= 0.6 is 0 Å². The van der Waals surface area contributed by atoms with Crippen molar-refractivity contribution < 1.29 is 10.0 Å². The summed E-state index contributed by atoms with van der Waals surface area (Å²) in [7, 11) is 0. The van der Waals surface area contributed by atoms with Gasteiger partial charge < -0.3 is 5.11 Å². The Labute approximate surface area is 161 Å². The molecule has 4 heteroatoms. The van der Waals surface area contributed by atoms with Crippen LogP contribution in [0.25, 0.3) is 0 Å². The summed E-state index contributed by atoms with van der Waals surface area (Å²) in [4.78, 5) is 11.0. The summed E-state index contributed by atoms with van der Waals surface area (Å²) in [5.74, 6) is 0. The lowest BCUT2D eigenvalue weighted by atomic mass is 9.98. The summed E-state index contributed by atoms with van der Waals surface area (Å²) in [6.07, 6.45) is 19.6. The third kappa shape index (κ3) is 15.4. The lowest BCUT2D eigenvalue weighted by Crippen LogP contribution is -2.33. The van der Waals surface area contributed by atoms with Gasteiger partial charge >= 0.3 is 0 Å². The van der Waals surface area contributed by atoms with E-state index < -0.39 is 12.1 Å². The Kier molecular flexibility index (Phi) is 18.2. The SMILES string of the molecule is C=CCCCCCCCCCCC(O)C(CCCCCCCC)[N+](=O)[O-]. The molecular weight excluding hydrogens is 326 g/mol. The molecule has 154 valence electrons. The molecule has 0 aliphatic rings. The van der Waals surface area contributed by atoms with E-state index in [0.717, 1.165) is 38.5 Å². The van der Waals surface area contributed by atoms with Crippen molar-refractivity contribution in [3.8, 4) is 0 Å². The second-order valence-corrected chi connectivity index (χ2v) is 7.67. The van der Waals surface area contributed by atoms with Gasteiger partial charge in [0, 0.05) is 11.3 Å². The number of nitro groups is 1. The maximum absolute atomic E-state index is 11.2. The lowest BCUT2D eigenvalue weighted by Gasteiger charge is -2.16. The first-order chi connectivity index (χ1) is 12.6. The zero-order valence-corrected chi connectivity index (χ0v) is 17.2. The lowest BCUT2D eigenvalue weighted by molar-refractivity contribution is -0.535. The van der Waals surface area contributed by atoms with E-state index in [2.05, 4.69) is 13.5 Å². The van der Waals surface area contributed by atoms with Crippen LogP contribution in [-0.4, -0.2) is 22.2 Å². The Balaban J connectivity index is 3.66. The molecule has 2 atom stereocenters. The van der Waals surface area contributed by atoms with E-state index in [1.807, 2.05) is 6.08 Å². The van der Waals surface area contributed by atoms with Crippen molar-refractivity contribution in [3.63, 3.8) is 0 Å². The minimum atomic E-state index is -0.778. The molecule has 26 heavy (non-hydrogen) atoms. The van der Waals surface area contributed by atoms with E-state index >= 15 is 0 Å². The number of hydrogen-bond donors (Lipinski definition) is 1. The average Bonchev–Trinajstić information content (AvgIpc) is 2.62. The molecule has 0 radical (unpaired) electrons. The second kappa shape index (κ2) is 18.9. The number of rotatable bonds is 20. The molecule has 0 bridgehead atoms. The maximum atomic E-state index is 11.2. The summed E-state index contributed by atoms with van der Waals surface area (Å²) in [5.41, 5.74) is 0. The molecule has 0 aromatic heterocycles. The maximum Gasteiger partial charge on any atom is 0.238 e. The third-order valence-corrected chi connectivity index (χ3v) is 5.23. The zero-order valence-electron chi connectivity index (χ0n) is 17.2. The van der Waals surface area contributed by atoms with Gasteiger partial charge in [0.2, 0.25) is 6.04 Å².